The molecule has 7 rings (SSSR count). The maximum atomic E-state index is 14.7. The van der Waals surface area contributed by atoms with E-state index in [4.69, 9.17) is 20.2 Å². The number of hydrogen-bond donors (Lipinski definition) is 3. The number of fused-ring (bicyclic) bond motifs is 2. The Morgan fingerprint density at radius 2 is 2.02 bits per heavy atom. The Morgan fingerprint density at radius 3 is 2.72 bits per heavy atom. The van der Waals surface area contributed by atoms with Gasteiger partial charge in [-0.1, -0.05) is 12.1 Å². The fourth-order valence-electron chi connectivity index (χ4n) is 6.08. The summed E-state index contributed by atoms with van der Waals surface area (Å²) in [5.41, 5.74) is 6.87. The number of nitrogens with two attached hydrogens (primary N) is 1. The number of ether oxygens (including phenoxy) is 2. The summed E-state index contributed by atoms with van der Waals surface area (Å²) in [5, 5.41) is 23.1. The summed E-state index contributed by atoms with van der Waals surface area (Å²) in [4.78, 5) is 30.7. The molecule has 238 valence electrons. The molecule has 5 aromatic rings. The molecule has 2 aliphatic rings. The van der Waals surface area contributed by atoms with Gasteiger partial charge in [0.1, 0.15) is 34.1 Å². The highest BCUT2D eigenvalue weighted by Gasteiger charge is 2.47. The minimum Gasteiger partial charge on any atom is -0.494 e. The first-order valence-electron chi connectivity index (χ1n) is 15.4. The van der Waals surface area contributed by atoms with Crippen LogP contribution in [-0.4, -0.2) is 51.9 Å². The number of thiophene rings is 1. The number of rotatable bonds is 12. The van der Waals surface area contributed by atoms with Crippen LogP contribution in [0.4, 0.5) is 4.39 Å². The molecule has 0 unspecified atom stereocenters. The van der Waals surface area contributed by atoms with Crippen molar-refractivity contribution in [2.75, 3.05) is 20.3 Å². The number of carbonyl (C=O) groups is 2. The van der Waals surface area contributed by atoms with E-state index >= 15 is 0 Å². The van der Waals surface area contributed by atoms with E-state index in [0.717, 1.165) is 31.1 Å². The lowest BCUT2D eigenvalue weighted by Crippen LogP contribution is -2.43. The number of pyridine rings is 1. The second-order valence-corrected chi connectivity index (χ2v) is 12.9. The molecule has 12 heteroatoms. The number of nitrogens with zero attached hydrogens (tertiary/aromatic N) is 3. The number of halogens is 1. The minimum atomic E-state index is -1.57. The van der Waals surface area contributed by atoms with Crippen LogP contribution in [0.2, 0.25) is 0 Å². The van der Waals surface area contributed by atoms with Crippen molar-refractivity contribution in [3.8, 4) is 22.8 Å². The number of aliphatic hydroxyl groups is 1. The summed E-state index contributed by atoms with van der Waals surface area (Å²) in [6.07, 6.45) is 5.38. The van der Waals surface area contributed by atoms with Crippen LogP contribution >= 0.6 is 11.3 Å². The number of benzene rings is 2. The van der Waals surface area contributed by atoms with Gasteiger partial charge in [0.25, 0.3) is 5.91 Å². The Morgan fingerprint density at radius 1 is 1.22 bits per heavy atom. The predicted octanol–water partition coefficient (Wildman–Crippen LogP) is 5.25. The Kier molecular flexibility index (Phi) is 7.64. The summed E-state index contributed by atoms with van der Waals surface area (Å²) < 4.78 is 28.7. The molecular formula is C34H34FN5O5S. The van der Waals surface area contributed by atoms with Gasteiger partial charge in [0.2, 0.25) is 5.91 Å². The van der Waals surface area contributed by atoms with E-state index in [-0.39, 0.29) is 42.9 Å². The van der Waals surface area contributed by atoms with E-state index in [0.29, 0.717) is 55.5 Å². The van der Waals surface area contributed by atoms with Crippen LogP contribution in [0, 0.1) is 11.7 Å². The maximum absolute atomic E-state index is 14.7. The van der Waals surface area contributed by atoms with Crippen LogP contribution in [-0.2, 0) is 16.8 Å². The molecule has 2 fully saturated rings. The van der Waals surface area contributed by atoms with Crippen LogP contribution < -0.4 is 20.5 Å². The van der Waals surface area contributed by atoms with E-state index in [2.05, 4.69) is 10.4 Å². The Hall–Kier alpha value is -4.55. The van der Waals surface area contributed by atoms with Crippen molar-refractivity contribution in [3.63, 3.8) is 0 Å². The van der Waals surface area contributed by atoms with Gasteiger partial charge in [0, 0.05) is 39.0 Å². The number of aromatic nitrogens is 3. The normalized spacial score (nSPS) is 16.0. The lowest BCUT2D eigenvalue weighted by Gasteiger charge is -2.30. The second-order valence-electron chi connectivity index (χ2n) is 12.0. The molecule has 0 aliphatic heterocycles. The van der Waals surface area contributed by atoms with Crippen LogP contribution in [0.5, 0.6) is 11.5 Å². The Bertz CT molecular complexity index is 2000. The zero-order chi connectivity index (χ0) is 32.2. The highest BCUT2D eigenvalue weighted by molar-refractivity contribution is 7.17. The molecule has 1 atom stereocenters. The molecule has 46 heavy (non-hydrogen) atoms. The van der Waals surface area contributed by atoms with Crippen molar-refractivity contribution >= 4 is 44.1 Å². The molecule has 2 aliphatic carbocycles. The van der Waals surface area contributed by atoms with Crippen molar-refractivity contribution < 1.29 is 28.6 Å². The summed E-state index contributed by atoms with van der Waals surface area (Å²) in [7, 11) is 1.54. The van der Waals surface area contributed by atoms with Crippen LogP contribution in [0.25, 0.3) is 32.2 Å². The third-order valence-corrected chi connectivity index (χ3v) is 9.72. The monoisotopic (exact) mass is 643 g/mol. The maximum Gasteiger partial charge on any atom is 0.251 e. The molecule has 2 aromatic carbocycles. The standard InChI is InChI=1S/C34H34FN5O5S/c1-3-45-31-18(14-28(36)41)13-27(38-30(31)24-16-46-32-23(24)5-4-6-25(32)35)34(43,21-7-8-21)17-37-33(42)19-11-20-15-40(22-9-10-22)39-29(20)26(12-19)44-2/h4-6,11-13,15-16,21-22,43H,3,7-10,14,17H2,1-2H3,(H2,36,41)(H,37,42)/t34-/m1/s1. The average molecular weight is 644 g/mol. The largest absolute Gasteiger partial charge is 0.494 e. The van der Waals surface area contributed by atoms with E-state index < -0.39 is 11.5 Å². The number of hydrogen-bond acceptors (Lipinski definition) is 8. The first-order valence-corrected chi connectivity index (χ1v) is 16.3. The van der Waals surface area contributed by atoms with Crippen LogP contribution in [0.1, 0.15) is 60.3 Å². The summed E-state index contributed by atoms with van der Waals surface area (Å²) in [6.45, 7) is 1.97. The summed E-state index contributed by atoms with van der Waals surface area (Å²) in [5.74, 6) is -0.662. The van der Waals surface area contributed by atoms with Gasteiger partial charge < -0.3 is 25.6 Å². The van der Waals surface area contributed by atoms with Crippen molar-refractivity contribution in [3.05, 3.63) is 70.6 Å². The first-order chi connectivity index (χ1) is 22.2. The number of carbonyl (C=O) groups excluding carboxylic acids is 2. The fourth-order valence-corrected chi connectivity index (χ4v) is 7.04. The van der Waals surface area contributed by atoms with Gasteiger partial charge in [-0.3, -0.25) is 14.3 Å². The Labute approximate surface area is 268 Å². The molecule has 3 aromatic heterocycles. The molecule has 0 radical (unpaired) electrons. The zero-order valence-corrected chi connectivity index (χ0v) is 26.3. The van der Waals surface area contributed by atoms with Gasteiger partial charge in [0.15, 0.2) is 0 Å². The fraction of sp³-hybridized carbons (Fsp3) is 0.353. The summed E-state index contributed by atoms with van der Waals surface area (Å²) >= 11 is 1.24. The van der Waals surface area contributed by atoms with E-state index in [1.165, 1.54) is 17.4 Å². The van der Waals surface area contributed by atoms with Gasteiger partial charge in [-0.2, -0.15) is 5.10 Å². The Balaban J connectivity index is 1.27. The van der Waals surface area contributed by atoms with Gasteiger partial charge >= 0.3 is 0 Å². The lowest BCUT2D eigenvalue weighted by atomic mass is 9.90. The highest BCUT2D eigenvalue weighted by Crippen LogP contribution is 2.48. The topological polar surface area (TPSA) is 142 Å². The molecule has 2 saturated carbocycles. The molecule has 10 nitrogen and oxygen atoms in total. The SMILES string of the molecule is CCOc1c(CC(N)=O)cc([C@@](O)(CNC(=O)c2cc(OC)c3nn(C4CC4)cc3c2)C2CC2)nc1-c1csc2c(F)cccc12. The third-order valence-electron chi connectivity index (χ3n) is 8.72. The molecule has 0 bridgehead atoms. The molecular weight excluding hydrogens is 609 g/mol. The first kappa shape index (κ1) is 30.1. The minimum absolute atomic E-state index is 0.131. The van der Waals surface area contributed by atoms with Crippen molar-refractivity contribution in [2.24, 2.45) is 11.7 Å². The van der Waals surface area contributed by atoms with Crippen LogP contribution in [0.3, 0.4) is 0 Å². The molecule has 3 heterocycles. The molecule has 4 N–H and O–H groups in total. The van der Waals surface area contributed by atoms with E-state index in [1.807, 2.05) is 17.8 Å². The molecule has 0 spiro atoms. The number of nitrogens with one attached hydrogen (secondary N) is 1. The predicted molar refractivity (Wildman–Crippen MR) is 173 cm³/mol. The smallest absolute Gasteiger partial charge is 0.251 e. The van der Waals surface area contributed by atoms with Crippen LogP contribution in [0.15, 0.2) is 48.0 Å². The van der Waals surface area contributed by atoms with Gasteiger partial charge in [-0.25, -0.2) is 9.37 Å². The second kappa shape index (κ2) is 11.7. The summed E-state index contributed by atoms with van der Waals surface area (Å²) in [6, 6.07) is 10.3. The van der Waals surface area contributed by atoms with Crippen molar-refractivity contribution in [2.45, 2.75) is 50.7 Å². The quantitative estimate of drug-likeness (QED) is 0.169. The number of methoxy groups -OCH3 is 1. The molecule has 0 saturated heterocycles. The zero-order valence-electron chi connectivity index (χ0n) is 25.5. The van der Waals surface area contributed by atoms with E-state index in [9.17, 15) is 19.1 Å². The number of primary amides is 1. The molecule has 2 amide bonds. The van der Waals surface area contributed by atoms with Gasteiger partial charge in [-0.05, 0) is 62.8 Å². The van der Waals surface area contributed by atoms with Crippen molar-refractivity contribution in [1.29, 1.82) is 0 Å². The van der Waals surface area contributed by atoms with Gasteiger partial charge in [-0.15, -0.1) is 11.3 Å². The average Bonchev–Trinajstić information content (AvgIpc) is 3.98. The van der Waals surface area contributed by atoms with Crippen molar-refractivity contribution in [1.82, 2.24) is 20.1 Å². The van der Waals surface area contributed by atoms with Gasteiger partial charge in [0.05, 0.1) is 43.1 Å². The number of amides is 2. The third kappa shape index (κ3) is 5.45. The lowest BCUT2D eigenvalue weighted by molar-refractivity contribution is -0.117. The highest BCUT2D eigenvalue weighted by atomic mass is 32.1. The van der Waals surface area contributed by atoms with E-state index in [1.54, 1.807) is 42.8 Å².